The number of ether oxygens (including phenoxy) is 2. The number of thioether (sulfide) groups is 1. The average Bonchev–Trinajstić information content (AvgIpc) is 2.92. The van der Waals surface area contributed by atoms with E-state index in [1.54, 1.807) is 18.2 Å². The summed E-state index contributed by atoms with van der Waals surface area (Å²) in [5.74, 6) is 0.574. The van der Waals surface area contributed by atoms with E-state index in [2.05, 4.69) is 0 Å². The van der Waals surface area contributed by atoms with Gasteiger partial charge in [0.15, 0.2) is 11.5 Å². The van der Waals surface area contributed by atoms with Crippen molar-refractivity contribution in [1.82, 2.24) is 4.90 Å². The van der Waals surface area contributed by atoms with Crippen molar-refractivity contribution in [1.29, 1.82) is 0 Å². The van der Waals surface area contributed by atoms with Gasteiger partial charge < -0.3 is 14.6 Å². The van der Waals surface area contributed by atoms with Gasteiger partial charge in [0, 0.05) is 5.56 Å². The molecular formula is C21H21NO5S. The standard InChI is InChI=1S/C21H21NO5S/c1-3-26-17-9-5-7-15(19(17)23)13-18-20(24)22(21(25)28-18)10-11-27-16-8-4-6-14(2)12-16/h4-9,12-13,23H,3,10-11H2,1-2H3/b18-13-. The van der Waals surface area contributed by atoms with E-state index in [0.717, 1.165) is 22.2 Å². The van der Waals surface area contributed by atoms with Crippen LogP contribution in [0.1, 0.15) is 18.1 Å². The minimum absolute atomic E-state index is 0.0565. The van der Waals surface area contributed by atoms with Gasteiger partial charge in [-0.2, -0.15) is 0 Å². The summed E-state index contributed by atoms with van der Waals surface area (Å²) in [6.45, 7) is 4.55. The zero-order valence-electron chi connectivity index (χ0n) is 15.7. The highest BCUT2D eigenvalue weighted by atomic mass is 32.2. The van der Waals surface area contributed by atoms with Crippen molar-refractivity contribution in [2.75, 3.05) is 19.8 Å². The maximum atomic E-state index is 12.6. The number of nitrogens with zero attached hydrogens (tertiary/aromatic N) is 1. The number of phenols is 1. The monoisotopic (exact) mass is 399 g/mol. The number of hydrogen-bond acceptors (Lipinski definition) is 6. The van der Waals surface area contributed by atoms with Crippen LogP contribution in [0.15, 0.2) is 47.4 Å². The predicted molar refractivity (Wildman–Crippen MR) is 109 cm³/mol. The maximum Gasteiger partial charge on any atom is 0.293 e. The van der Waals surface area contributed by atoms with Crippen LogP contribution in [0.5, 0.6) is 17.2 Å². The molecule has 1 aliphatic heterocycles. The lowest BCUT2D eigenvalue weighted by molar-refractivity contribution is -0.123. The number of imide groups is 1. The molecule has 0 spiro atoms. The normalized spacial score (nSPS) is 15.4. The number of hydrogen-bond donors (Lipinski definition) is 1. The Labute approximate surface area is 167 Å². The van der Waals surface area contributed by atoms with Gasteiger partial charge in [-0.25, -0.2) is 0 Å². The van der Waals surface area contributed by atoms with Crippen LogP contribution in [0, 0.1) is 6.92 Å². The third-order valence-corrected chi connectivity index (χ3v) is 4.97. The molecule has 1 aliphatic rings. The Hall–Kier alpha value is -2.93. The molecule has 2 aromatic carbocycles. The summed E-state index contributed by atoms with van der Waals surface area (Å²) in [4.78, 5) is 26.2. The molecule has 1 saturated heterocycles. The number of carbonyl (C=O) groups is 2. The van der Waals surface area contributed by atoms with Crippen LogP contribution in [0.25, 0.3) is 6.08 Å². The largest absolute Gasteiger partial charge is 0.504 e. The minimum atomic E-state index is -0.399. The SMILES string of the molecule is CCOc1cccc(/C=C2\SC(=O)N(CCOc3cccc(C)c3)C2=O)c1O. The molecule has 0 bridgehead atoms. The summed E-state index contributed by atoms with van der Waals surface area (Å²) in [6.07, 6.45) is 1.50. The fourth-order valence-electron chi connectivity index (χ4n) is 2.72. The number of para-hydroxylation sites is 1. The first-order valence-electron chi connectivity index (χ1n) is 8.89. The van der Waals surface area contributed by atoms with Crippen molar-refractivity contribution >= 4 is 29.0 Å². The summed E-state index contributed by atoms with van der Waals surface area (Å²) < 4.78 is 11.0. The molecule has 0 aliphatic carbocycles. The molecule has 0 radical (unpaired) electrons. The van der Waals surface area contributed by atoms with E-state index in [4.69, 9.17) is 9.47 Å². The van der Waals surface area contributed by atoms with Crippen molar-refractivity contribution in [3.8, 4) is 17.2 Å². The zero-order chi connectivity index (χ0) is 20.1. The Bertz CT molecular complexity index is 925. The van der Waals surface area contributed by atoms with E-state index in [0.29, 0.717) is 23.7 Å². The molecule has 1 heterocycles. The second kappa shape index (κ2) is 8.84. The Balaban J connectivity index is 1.68. The van der Waals surface area contributed by atoms with Gasteiger partial charge >= 0.3 is 0 Å². The van der Waals surface area contributed by atoms with Crippen molar-refractivity contribution in [2.45, 2.75) is 13.8 Å². The topological polar surface area (TPSA) is 76.1 Å². The van der Waals surface area contributed by atoms with Crippen molar-refractivity contribution in [3.63, 3.8) is 0 Å². The van der Waals surface area contributed by atoms with E-state index < -0.39 is 5.91 Å². The third-order valence-electron chi connectivity index (χ3n) is 4.06. The molecule has 1 N–H and O–H groups in total. The fraction of sp³-hybridized carbons (Fsp3) is 0.238. The summed E-state index contributed by atoms with van der Waals surface area (Å²) >= 11 is 0.844. The van der Waals surface area contributed by atoms with Crippen molar-refractivity contribution in [2.24, 2.45) is 0 Å². The maximum absolute atomic E-state index is 12.6. The van der Waals surface area contributed by atoms with Gasteiger partial charge in [-0.1, -0.05) is 24.3 Å². The van der Waals surface area contributed by atoms with Crippen molar-refractivity contribution < 1.29 is 24.2 Å². The Morgan fingerprint density at radius 2 is 1.93 bits per heavy atom. The van der Waals surface area contributed by atoms with E-state index in [9.17, 15) is 14.7 Å². The highest BCUT2D eigenvalue weighted by Crippen LogP contribution is 2.36. The number of aryl methyl sites for hydroxylation is 1. The first-order valence-corrected chi connectivity index (χ1v) is 9.71. The first-order chi connectivity index (χ1) is 13.5. The number of phenolic OH excluding ortho intramolecular Hbond substituents is 1. The van der Waals surface area contributed by atoms with Gasteiger partial charge in [0.2, 0.25) is 0 Å². The van der Waals surface area contributed by atoms with Crippen LogP contribution in [-0.4, -0.2) is 40.9 Å². The van der Waals surface area contributed by atoms with Crippen LogP contribution < -0.4 is 9.47 Å². The molecule has 0 unspecified atom stereocenters. The van der Waals surface area contributed by atoms with Gasteiger partial charge in [-0.3, -0.25) is 14.5 Å². The van der Waals surface area contributed by atoms with E-state index >= 15 is 0 Å². The predicted octanol–water partition coefficient (Wildman–Crippen LogP) is 4.21. The summed E-state index contributed by atoms with van der Waals surface area (Å²) in [6, 6.07) is 12.6. The van der Waals surface area contributed by atoms with Crippen LogP contribution in [0.4, 0.5) is 4.79 Å². The van der Waals surface area contributed by atoms with Crippen LogP contribution in [0.3, 0.4) is 0 Å². The molecule has 0 saturated carbocycles. The molecule has 3 rings (SSSR count). The molecule has 0 aromatic heterocycles. The second-order valence-corrected chi connectivity index (χ2v) is 7.12. The second-order valence-electron chi connectivity index (χ2n) is 6.13. The Morgan fingerprint density at radius 3 is 2.68 bits per heavy atom. The highest BCUT2D eigenvalue weighted by molar-refractivity contribution is 8.18. The molecule has 28 heavy (non-hydrogen) atoms. The summed E-state index contributed by atoms with van der Waals surface area (Å²) in [5.41, 5.74) is 1.49. The van der Waals surface area contributed by atoms with Gasteiger partial charge in [0.25, 0.3) is 11.1 Å². The highest BCUT2D eigenvalue weighted by Gasteiger charge is 2.35. The minimum Gasteiger partial charge on any atom is -0.504 e. The molecule has 6 nitrogen and oxygen atoms in total. The number of aromatic hydroxyl groups is 1. The van der Waals surface area contributed by atoms with Crippen LogP contribution in [-0.2, 0) is 4.79 Å². The molecular weight excluding hydrogens is 378 g/mol. The van der Waals surface area contributed by atoms with Crippen molar-refractivity contribution in [3.05, 3.63) is 58.5 Å². The lowest BCUT2D eigenvalue weighted by atomic mass is 10.1. The Kier molecular flexibility index (Phi) is 6.26. The van der Waals surface area contributed by atoms with E-state index in [1.807, 2.05) is 38.1 Å². The quantitative estimate of drug-likeness (QED) is 0.703. The summed E-state index contributed by atoms with van der Waals surface area (Å²) in [7, 11) is 0. The number of benzene rings is 2. The van der Waals surface area contributed by atoms with Gasteiger partial charge in [-0.15, -0.1) is 0 Å². The average molecular weight is 399 g/mol. The smallest absolute Gasteiger partial charge is 0.293 e. The first kappa shape index (κ1) is 19.8. The van der Waals surface area contributed by atoms with Gasteiger partial charge in [0.1, 0.15) is 12.4 Å². The Morgan fingerprint density at radius 1 is 1.14 bits per heavy atom. The lowest BCUT2D eigenvalue weighted by Gasteiger charge is -2.13. The van der Waals surface area contributed by atoms with Crippen LogP contribution >= 0.6 is 11.8 Å². The fourth-order valence-corrected chi connectivity index (χ4v) is 3.58. The summed E-state index contributed by atoms with van der Waals surface area (Å²) in [5, 5.41) is 9.92. The molecule has 2 aromatic rings. The zero-order valence-corrected chi connectivity index (χ0v) is 16.5. The van der Waals surface area contributed by atoms with Crippen LogP contribution in [0.2, 0.25) is 0 Å². The third kappa shape index (κ3) is 4.48. The molecule has 2 amide bonds. The molecule has 0 atom stereocenters. The van der Waals surface area contributed by atoms with Gasteiger partial charge in [0.05, 0.1) is 18.1 Å². The molecule has 7 heteroatoms. The van der Waals surface area contributed by atoms with Gasteiger partial charge in [-0.05, 0) is 55.4 Å². The molecule has 146 valence electrons. The number of carbonyl (C=O) groups excluding carboxylic acids is 2. The molecule has 1 fully saturated rings. The lowest BCUT2D eigenvalue weighted by Crippen LogP contribution is -2.32. The van der Waals surface area contributed by atoms with E-state index in [-0.39, 0.29) is 29.0 Å². The number of amides is 2. The number of rotatable bonds is 7. The van der Waals surface area contributed by atoms with E-state index in [1.165, 1.54) is 6.08 Å².